The van der Waals surface area contributed by atoms with Gasteiger partial charge in [0, 0.05) is 6.42 Å². The zero-order chi connectivity index (χ0) is 12.1. The first-order valence-corrected chi connectivity index (χ1v) is 5.93. The summed E-state index contributed by atoms with van der Waals surface area (Å²) >= 11 is 0. The van der Waals surface area contributed by atoms with E-state index in [2.05, 4.69) is 0 Å². The fourth-order valence-corrected chi connectivity index (χ4v) is 2.08. The molecule has 0 spiro atoms. The summed E-state index contributed by atoms with van der Waals surface area (Å²) < 4.78 is 5.70. The zero-order valence-electron chi connectivity index (χ0n) is 9.67. The molecule has 1 fully saturated rings. The molecule has 1 aliphatic rings. The van der Waals surface area contributed by atoms with Crippen molar-refractivity contribution >= 4 is 12.1 Å². The highest BCUT2D eigenvalue weighted by Gasteiger charge is 2.28. The average molecular weight is 232 g/mol. The summed E-state index contributed by atoms with van der Waals surface area (Å²) in [6.07, 6.45) is 2.52. The molecule has 2 rings (SSSR count). The molecule has 0 amide bonds. The molecule has 1 aromatic carbocycles. The molecular weight excluding hydrogens is 216 g/mol. The van der Waals surface area contributed by atoms with Crippen LogP contribution in [0.5, 0.6) is 0 Å². The van der Waals surface area contributed by atoms with Crippen LogP contribution in [0.4, 0.5) is 0 Å². The predicted octanol–water partition coefficient (Wildman–Crippen LogP) is 2.14. The van der Waals surface area contributed by atoms with Crippen molar-refractivity contribution in [1.82, 2.24) is 0 Å². The topological polar surface area (TPSA) is 43.4 Å². The molecule has 1 saturated carbocycles. The van der Waals surface area contributed by atoms with Gasteiger partial charge in [0.25, 0.3) is 0 Å². The van der Waals surface area contributed by atoms with E-state index >= 15 is 0 Å². The first-order valence-electron chi connectivity index (χ1n) is 5.93. The Bertz CT molecular complexity index is 386. The van der Waals surface area contributed by atoms with Crippen LogP contribution >= 0.6 is 0 Å². The number of rotatable bonds is 4. The molecule has 3 heteroatoms. The molecule has 0 radical (unpaired) electrons. The van der Waals surface area contributed by atoms with E-state index in [0.717, 1.165) is 18.3 Å². The van der Waals surface area contributed by atoms with E-state index < -0.39 is 5.92 Å². The highest BCUT2D eigenvalue weighted by atomic mass is 16.5. The van der Waals surface area contributed by atoms with Gasteiger partial charge in [-0.2, -0.15) is 0 Å². The molecule has 1 aromatic rings. The van der Waals surface area contributed by atoms with Crippen LogP contribution in [0.15, 0.2) is 30.3 Å². The van der Waals surface area contributed by atoms with E-state index in [9.17, 15) is 9.59 Å². The fraction of sp³-hybridized carbons (Fsp3) is 0.429. The smallest absolute Gasteiger partial charge is 0.145 e. The quantitative estimate of drug-likeness (QED) is 0.590. The van der Waals surface area contributed by atoms with Crippen LogP contribution in [-0.4, -0.2) is 18.2 Å². The second-order valence-corrected chi connectivity index (χ2v) is 4.41. The summed E-state index contributed by atoms with van der Waals surface area (Å²) in [5.74, 6) is -0.379. The SMILES string of the molecule is O=CC1CCC(OCc2ccccc2)CC1=O. The molecule has 0 N–H and O–H groups in total. The second kappa shape index (κ2) is 5.73. The van der Waals surface area contributed by atoms with Crippen LogP contribution in [0.1, 0.15) is 24.8 Å². The van der Waals surface area contributed by atoms with Crippen LogP contribution in [0.2, 0.25) is 0 Å². The minimum atomic E-state index is -0.397. The van der Waals surface area contributed by atoms with Gasteiger partial charge < -0.3 is 9.53 Å². The molecule has 2 atom stereocenters. The molecule has 1 aliphatic carbocycles. The first kappa shape index (κ1) is 12.0. The molecule has 2 unspecified atom stereocenters. The van der Waals surface area contributed by atoms with Gasteiger partial charge in [-0.3, -0.25) is 4.79 Å². The number of ketones is 1. The van der Waals surface area contributed by atoms with Crippen molar-refractivity contribution in [2.45, 2.75) is 32.0 Å². The summed E-state index contributed by atoms with van der Waals surface area (Å²) in [6, 6.07) is 9.89. The largest absolute Gasteiger partial charge is 0.373 e. The van der Waals surface area contributed by atoms with Crippen molar-refractivity contribution in [3.63, 3.8) is 0 Å². The van der Waals surface area contributed by atoms with Crippen LogP contribution in [0, 0.1) is 5.92 Å². The van der Waals surface area contributed by atoms with Crippen molar-refractivity contribution < 1.29 is 14.3 Å². The first-order chi connectivity index (χ1) is 8.29. The molecule has 0 saturated heterocycles. The molecule has 0 aromatic heterocycles. The van der Waals surface area contributed by atoms with E-state index in [1.165, 1.54) is 0 Å². The number of ether oxygens (including phenoxy) is 1. The van der Waals surface area contributed by atoms with Gasteiger partial charge in [-0.1, -0.05) is 30.3 Å². The zero-order valence-corrected chi connectivity index (χ0v) is 9.67. The molecule has 3 nitrogen and oxygen atoms in total. The fourth-order valence-electron chi connectivity index (χ4n) is 2.08. The second-order valence-electron chi connectivity index (χ2n) is 4.41. The minimum Gasteiger partial charge on any atom is -0.373 e. The van der Waals surface area contributed by atoms with Crippen molar-refractivity contribution in [3.05, 3.63) is 35.9 Å². The number of aldehydes is 1. The average Bonchev–Trinajstić information content (AvgIpc) is 2.38. The lowest BCUT2D eigenvalue weighted by molar-refractivity contribution is -0.133. The van der Waals surface area contributed by atoms with E-state index in [1.54, 1.807) is 0 Å². The maximum Gasteiger partial charge on any atom is 0.145 e. The minimum absolute atomic E-state index is 0.0179. The number of carbonyl (C=O) groups excluding carboxylic acids is 2. The Morgan fingerprint density at radius 3 is 2.65 bits per heavy atom. The van der Waals surface area contributed by atoms with Crippen molar-refractivity contribution in [2.75, 3.05) is 0 Å². The van der Waals surface area contributed by atoms with E-state index in [4.69, 9.17) is 4.74 Å². The van der Waals surface area contributed by atoms with Crippen LogP contribution in [0.3, 0.4) is 0 Å². The number of hydrogen-bond donors (Lipinski definition) is 0. The summed E-state index contributed by atoms with van der Waals surface area (Å²) in [4.78, 5) is 22.1. The number of carbonyl (C=O) groups is 2. The highest BCUT2D eigenvalue weighted by Crippen LogP contribution is 2.22. The standard InChI is InChI=1S/C14H16O3/c15-9-12-6-7-13(8-14(12)16)17-10-11-4-2-1-3-5-11/h1-5,9,12-13H,6-8,10H2. The number of benzene rings is 1. The maximum atomic E-state index is 11.5. The Morgan fingerprint density at radius 1 is 1.24 bits per heavy atom. The van der Waals surface area contributed by atoms with Gasteiger partial charge >= 0.3 is 0 Å². The van der Waals surface area contributed by atoms with E-state index in [1.807, 2.05) is 30.3 Å². The van der Waals surface area contributed by atoms with Gasteiger partial charge in [0.15, 0.2) is 0 Å². The van der Waals surface area contributed by atoms with Gasteiger partial charge in [-0.25, -0.2) is 0 Å². The third-order valence-electron chi connectivity index (χ3n) is 3.13. The third kappa shape index (κ3) is 3.24. The van der Waals surface area contributed by atoms with Crippen LogP contribution < -0.4 is 0 Å². The summed E-state index contributed by atoms with van der Waals surface area (Å²) in [5.41, 5.74) is 1.11. The monoisotopic (exact) mass is 232 g/mol. The lowest BCUT2D eigenvalue weighted by Crippen LogP contribution is -2.30. The predicted molar refractivity (Wildman–Crippen MR) is 63.4 cm³/mol. The van der Waals surface area contributed by atoms with Crippen molar-refractivity contribution in [2.24, 2.45) is 5.92 Å². The Labute approximate surface area is 101 Å². The Morgan fingerprint density at radius 2 is 2.00 bits per heavy atom. The van der Waals surface area contributed by atoms with Gasteiger partial charge in [0.05, 0.1) is 18.6 Å². The van der Waals surface area contributed by atoms with Crippen LogP contribution in [-0.2, 0) is 20.9 Å². The molecule has 0 aliphatic heterocycles. The lowest BCUT2D eigenvalue weighted by Gasteiger charge is -2.24. The third-order valence-corrected chi connectivity index (χ3v) is 3.13. The highest BCUT2D eigenvalue weighted by molar-refractivity contribution is 5.94. The number of Topliss-reactive ketones (excluding diaryl/α,β-unsaturated/α-hetero) is 1. The van der Waals surface area contributed by atoms with E-state index in [-0.39, 0.29) is 11.9 Å². The lowest BCUT2D eigenvalue weighted by atomic mass is 9.87. The molecular formula is C14H16O3. The summed E-state index contributed by atoms with van der Waals surface area (Å²) in [5, 5.41) is 0. The van der Waals surface area contributed by atoms with Gasteiger partial charge in [-0.05, 0) is 18.4 Å². The molecule has 90 valence electrons. The van der Waals surface area contributed by atoms with E-state index in [0.29, 0.717) is 19.4 Å². The summed E-state index contributed by atoms with van der Waals surface area (Å²) in [6.45, 7) is 0.532. The van der Waals surface area contributed by atoms with Gasteiger partial charge in [-0.15, -0.1) is 0 Å². The number of hydrogen-bond acceptors (Lipinski definition) is 3. The van der Waals surface area contributed by atoms with Crippen molar-refractivity contribution in [1.29, 1.82) is 0 Å². The Balaban J connectivity index is 1.82. The molecule has 0 heterocycles. The van der Waals surface area contributed by atoms with Crippen molar-refractivity contribution in [3.8, 4) is 0 Å². The van der Waals surface area contributed by atoms with Gasteiger partial charge in [0.2, 0.25) is 0 Å². The molecule has 0 bridgehead atoms. The normalized spacial score (nSPS) is 24.6. The summed E-state index contributed by atoms with van der Waals surface area (Å²) in [7, 11) is 0. The molecule has 17 heavy (non-hydrogen) atoms. The maximum absolute atomic E-state index is 11.5. The Kier molecular flexibility index (Phi) is 4.04. The van der Waals surface area contributed by atoms with Crippen LogP contribution in [0.25, 0.3) is 0 Å². The van der Waals surface area contributed by atoms with Gasteiger partial charge in [0.1, 0.15) is 12.1 Å². The Hall–Kier alpha value is -1.48.